The molecule has 4 bridgehead atoms. The third-order valence-corrected chi connectivity index (χ3v) is 6.76. The lowest BCUT2D eigenvalue weighted by atomic mass is 9.49. The van der Waals surface area contributed by atoms with E-state index >= 15 is 0 Å². The van der Waals surface area contributed by atoms with E-state index in [4.69, 9.17) is 0 Å². The number of nitrogens with one attached hydrogen (secondary N) is 2. The lowest BCUT2D eigenvalue weighted by Gasteiger charge is -2.56. The number of fused-ring (bicyclic) bond motifs is 1. The van der Waals surface area contributed by atoms with Crippen LogP contribution >= 0.6 is 0 Å². The van der Waals surface area contributed by atoms with Gasteiger partial charge in [-0.2, -0.15) is 0 Å². The van der Waals surface area contributed by atoms with E-state index in [1.807, 2.05) is 24.3 Å². The van der Waals surface area contributed by atoms with E-state index in [1.54, 1.807) is 0 Å². The summed E-state index contributed by atoms with van der Waals surface area (Å²) in [6.45, 7) is 0.0260. The number of para-hydroxylation sites is 1. The molecule has 0 aliphatic heterocycles. The van der Waals surface area contributed by atoms with Gasteiger partial charge >= 0.3 is 0 Å². The molecule has 7 nitrogen and oxygen atoms in total. The van der Waals surface area contributed by atoms with Crippen LogP contribution in [0.25, 0.3) is 11.0 Å². The van der Waals surface area contributed by atoms with Crippen molar-refractivity contribution >= 4 is 22.8 Å². The van der Waals surface area contributed by atoms with Crippen LogP contribution < -0.4 is 10.9 Å². The highest BCUT2D eigenvalue weighted by molar-refractivity contribution is 5.83. The van der Waals surface area contributed by atoms with Crippen molar-refractivity contribution in [2.45, 2.75) is 51.5 Å². The minimum absolute atomic E-state index is 0.0260. The van der Waals surface area contributed by atoms with Crippen LogP contribution in [0.2, 0.25) is 0 Å². The summed E-state index contributed by atoms with van der Waals surface area (Å²) in [5, 5.41) is 8.04. The minimum atomic E-state index is -0.301. The Morgan fingerprint density at radius 3 is 2.33 bits per heavy atom. The van der Waals surface area contributed by atoms with Crippen molar-refractivity contribution in [1.82, 2.24) is 25.8 Å². The van der Waals surface area contributed by atoms with Gasteiger partial charge in [0.25, 0.3) is 5.91 Å². The van der Waals surface area contributed by atoms with Crippen molar-refractivity contribution in [3.05, 3.63) is 24.3 Å². The summed E-state index contributed by atoms with van der Waals surface area (Å²) in [4.78, 5) is 24.7. The molecule has 2 amide bonds. The third-order valence-electron chi connectivity index (χ3n) is 6.76. The first kappa shape index (κ1) is 16.7. The third kappa shape index (κ3) is 3.19. The van der Waals surface area contributed by atoms with Gasteiger partial charge in [-0.25, -0.2) is 4.68 Å². The molecule has 0 saturated heterocycles. The first-order valence-corrected chi connectivity index (χ1v) is 9.94. The Morgan fingerprint density at radius 2 is 1.63 bits per heavy atom. The van der Waals surface area contributed by atoms with Crippen molar-refractivity contribution in [3.63, 3.8) is 0 Å². The van der Waals surface area contributed by atoms with Gasteiger partial charge in [0.2, 0.25) is 5.91 Å². The van der Waals surface area contributed by atoms with Gasteiger partial charge in [-0.3, -0.25) is 20.4 Å². The largest absolute Gasteiger partial charge is 0.273 e. The molecule has 27 heavy (non-hydrogen) atoms. The van der Waals surface area contributed by atoms with Gasteiger partial charge in [-0.1, -0.05) is 17.3 Å². The van der Waals surface area contributed by atoms with Gasteiger partial charge in [-0.15, -0.1) is 5.10 Å². The molecule has 4 aliphatic rings. The minimum Gasteiger partial charge on any atom is -0.273 e. The highest BCUT2D eigenvalue weighted by Gasteiger charge is 2.51. The second-order valence-corrected chi connectivity index (χ2v) is 8.93. The second kappa shape index (κ2) is 6.32. The average molecular weight is 367 g/mol. The summed E-state index contributed by atoms with van der Waals surface area (Å²) < 4.78 is 1.54. The van der Waals surface area contributed by atoms with Gasteiger partial charge in [0.1, 0.15) is 12.1 Å². The highest BCUT2D eigenvalue weighted by atomic mass is 16.2. The van der Waals surface area contributed by atoms with E-state index in [9.17, 15) is 9.59 Å². The van der Waals surface area contributed by atoms with Crippen LogP contribution in [0.1, 0.15) is 44.9 Å². The van der Waals surface area contributed by atoms with Crippen LogP contribution in [0.3, 0.4) is 0 Å². The van der Waals surface area contributed by atoms with Crippen LogP contribution in [0.15, 0.2) is 24.3 Å². The zero-order valence-corrected chi connectivity index (χ0v) is 15.4. The lowest BCUT2D eigenvalue weighted by molar-refractivity contribution is -0.134. The summed E-state index contributed by atoms with van der Waals surface area (Å²) in [7, 11) is 0. The summed E-state index contributed by atoms with van der Waals surface area (Å²) >= 11 is 0. The summed E-state index contributed by atoms with van der Waals surface area (Å²) in [6.07, 6.45) is 8.18. The monoisotopic (exact) mass is 367 g/mol. The first-order valence-electron chi connectivity index (χ1n) is 9.94. The van der Waals surface area contributed by atoms with Crippen molar-refractivity contribution in [2.75, 3.05) is 0 Å². The molecule has 0 radical (unpaired) electrons. The van der Waals surface area contributed by atoms with Gasteiger partial charge < -0.3 is 0 Å². The first-order chi connectivity index (χ1) is 13.1. The van der Waals surface area contributed by atoms with E-state index in [0.717, 1.165) is 28.8 Å². The Kier molecular flexibility index (Phi) is 3.91. The number of benzene rings is 1. The topological polar surface area (TPSA) is 88.9 Å². The van der Waals surface area contributed by atoms with E-state index in [0.29, 0.717) is 6.42 Å². The lowest BCUT2D eigenvalue weighted by Crippen LogP contribution is -2.50. The van der Waals surface area contributed by atoms with Crippen LogP contribution in [0.5, 0.6) is 0 Å². The quantitative estimate of drug-likeness (QED) is 0.811. The van der Waals surface area contributed by atoms with Gasteiger partial charge in [-0.05, 0) is 73.8 Å². The maximum absolute atomic E-state index is 12.5. The standard InChI is InChI=1S/C20H25N5O2/c26-18(11-20-8-13-5-14(9-20)7-15(6-13)10-20)22-23-19(27)12-25-17-4-2-1-3-16(17)21-24-25/h1-4,13-15H,5-12H2,(H,22,26)(H,23,27). The molecule has 0 spiro atoms. The van der Waals surface area contributed by atoms with Crippen molar-refractivity contribution in [2.24, 2.45) is 23.2 Å². The smallest absolute Gasteiger partial charge is 0.260 e. The van der Waals surface area contributed by atoms with Crippen molar-refractivity contribution < 1.29 is 9.59 Å². The normalized spacial score (nSPS) is 31.2. The Bertz CT molecular complexity index is 854. The Balaban J connectivity index is 1.16. The van der Waals surface area contributed by atoms with E-state index in [1.165, 1.54) is 43.2 Å². The molecule has 2 aromatic rings. The SMILES string of the molecule is O=C(Cn1nnc2ccccc21)NNC(=O)CC12CC3CC(CC(C3)C1)C2. The number of rotatable bonds is 4. The molecule has 1 aromatic heterocycles. The van der Waals surface area contributed by atoms with Crippen LogP contribution in [-0.2, 0) is 16.1 Å². The number of aromatic nitrogens is 3. The fraction of sp³-hybridized carbons (Fsp3) is 0.600. The zero-order chi connectivity index (χ0) is 18.4. The molecule has 4 fully saturated rings. The Labute approximate surface area is 157 Å². The van der Waals surface area contributed by atoms with Gasteiger partial charge in [0.05, 0.1) is 5.52 Å². The number of carbonyl (C=O) groups excluding carboxylic acids is 2. The number of carbonyl (C=O) groups is 2. The van der Waals surface area contributed by atoms with Crippen LogP contribution in [0.4, 0.5) is 0 Å². The van der Waals surface area contributed by atoms with Crippen LogP contribution in [-0.4, -0.2) is 26.8 Å². The molecule has 0 atom stereocenters. The molecule has 7 heteroatoms. The Hall–Kier alpha value is -2.44. The summed E-state index contributed by atoms with van der Waals surface area (Å²) in [5.41, 5.74) is 6.88. The van der Waals surface area contributed by atoms with Gasteiger partial charge in [0.15, 0.2) is 0 Å². The van der Waals surface area contributed by atoms with Crippen LogP contribution in [0, 0.1) is 23.2 Å². The van der Waals surface area contributed by atoms with Crippen molar-refractivity contribution in [3.8, 4) is 0 Å². The maximum Gasteiger partial charge on any atom is 0.260 e. The summed E-state index contributed by atoms with van der Waals surface area (Å²) in [5.74, 6) is 2.08. The molecule has 142 valence electrons. The predicted octanol–water partition coefficient (Wildman–Crippen LogP) is 2.19. The van der Waals surface area contributed by atoms with E-state index in [-0.39, 0.29) is 23.8 Å². The number of hydrogen-bond donors (Lipinski definition) is 2. The van der Waals surface area contributed by atoms with Gasteiger partial charge in [0, 0.05) is 6.42 Å². The fourth-order valence-corrected chi connectivity index (χ4v) is 6.24. The second-order valence-electron chi connectivity index (χ2n) is 8.93. The number of amides is 2. The number of nitrogens with zero attached hydrogens (tertiary/aromatic N) is 3. The molecular formula is C20H25N5O2. The average Bonchev–Trinajstić information content (AvgIpc) is 3.01. The highest BCUT2D eigenvalue weighted by Crippen LogP contribution is 2.61. The molecule has 0 unspecified atom stereocenters. The van der Waals surface area contributed by atoms with Crippen molar-refractivity contribution in [1.29, 1.82) is 0 Å². The number of hydrogen-bond acceptors (Lipinski definition) is 4. The fourth-order valence-electron chi connectivity index (χ4n) is 6.24. The molecule has 1 aromatic carbocycles. The zero-order valence-electron chi connectivity index (χ0n) is 15.4. The molecule has 6 rings (SSSR count). The maximum atomic E-state index is 12.5. The molecule has 2 N–H and O–H groups in total. The Morgan fingerprint density at radius 1 is 1.00 bits per heavy atom. The van der Waals surface area contributed by atoms with E-state index in [2.05, 4.69) is 21.2 Å². The molecule has 4 aliphatic carbocycles. The number of hydrazine groups is 1. The molecular weight excluding hydrogens is 342 g/mol. The molecule has 4 saturated carbocycles. The summed E-state index contributed by atoms with van der Waals surface area (Å²) in [6, 6.07) is 7.48. The molecule has 1 heterocycles. The predicted molar refractivity (Wildman–Crippen MR) is 99.0 cm³/mol. The van der Waals surface area contributed by atoms with E-state index < -0.39 is 0 Å².